The standard InChI is InChI=1S/C18H21NO3/c1-19(14-15-8-3-2-4-9-15)12-7-13-22-17-11-6-5-10-16(17)18(20)21/h2-6,8-11H,7,12-14H2,1H3,(H,20,21). The average molecular weight is 299 g/mol. The Hall–Kier alpha value is -2.33. The second kappa shape index (κ2) is 8.20. The molecule has 0 unspecified atom stereocenters. The SMILES string of the molecule is CN(CCCOc1ccccc1C(=O)O)Cc1ccccc1. The minimum absolute atomic E-state index is 0.208. The molecule has 2 rings (SSSR count). The Balaban J connectivity index is 1.74. The summed E-state index contributed by atoms with van der Waals surface area (Å²) in [5.74, 6) is -0.530. The quantitative estimate of drug-likeness (QED) is 0.760. The molecule has 4 heteroatoms. The fourth-order valence-corrected chi connectivity index (χ4v) is 2.26. The number of para-hydroxylation sites is 1. The third kappa shape index (κ3) is 4.90. The van der Waals surface area contributed by atoms with Gasteiger partial charge >= 0.3 is 5.97 Å². The van der Waals surface area contributed by atoms with Gasteiger partial charge < -0.3 is 14.7 Å². The highest BCUT2D eigenvalue weighted by molar-refractivity contribution is 5.90. The molecule has 22 heavy (non-hydrogen) atoms. The van der Waals surface area contributed by atoms with E-state index in [-0.39, 0.29) is 5.56 Å². The Bertz CT molecular complexity index is 598. The van der Waals surface area contributed by atoms with Gasteiger partial charge in [-0.05, 0) is 31.2 Å². The van der Waals surface area contributed by atoms with Crippen LogP contribution in [0.15, 0.2) is 54.6 Å². The largest absolute Gasteiger partial charge is 0.493 e. The number of carboxylic acids is 1. The van der Waals surface area contributed by atoms with E-state index in [9.17, 15) is 4.79 Å². The van der Waals surface area contributed by atoms with Crippen LogP contribution in [0.25, 0.3) is 0 Å². The van der Waals surface area contributed by atoms with E-state index in [0.29, 0.717) is 12.4 Å². The summed E-state index contributed by atoms with van der Waals surface area (Å²) in [6, 6.07) is 17.0. The molecule has 1 N–H and O–H groups in total. The Morgan fingerprint density at radius 1 is 1.09 bits per heavy atom. The molecule has 4 nitrogen and oxygen atoms in total. The average Bonchev–Trinajstić information content (AvgIpc) is 2.53. The number of carboxylic acid groups (broad SMARTS) is 1. The van der Waals surface area contributed by atoms with Crippen LogP contribution in [0.5, 0.6) is 5.75 Å². The van der Waals surface area contributed by atoms with Crippen LogP contribution in [0, 0.1) is 0 Å². The number of ether oxygens (including phenoxy) is 1. The van der Waals surface area contributed by atoms with Gasteiger partial charge in [0.1, 0.15) is 11.3 Å². The first-order valence-electron chi connectivity index (χ1n) is 7.34. The van der Waals surface area contributed by atoms with Crippen LogP contribution in [-0.4, -0.2) is 36.2 Å². The normalized spacial score (nSPS) is 10.6. The molecule has 0 aliphatic heterocycles. The van der Waals surface area contributed by atoms with Gasteiger partial charge in [0.15, 0.2) is 0 Å². The van der Waals surface area contributed by atoms with Gasteiger partial charge in [-0.2, -0.15) is 0 Å². The lowest BCUT2D eigenvalue weighted by Gasteiger charge is -2.17. The van der Waals surface area contributed by atoms with Crippen molar-refractivity contribution in [3.8, 4) is 5.75 Å². The van der Waals surface area contributed by atoms with Crippen LogP contribution in [0.1, 0.15) is 22.3 Å². The molecule has 0 saturated carbocycles. The zero-order valence-corrected chi connectivity index (χ0v) is 12.7. The van der Waals surface area contributed by atoms with E-state index in [1.165, 1.54) is 5.56 Å². The molecule has 0 radical (unpaired) electrons. The van der Waals surface area contributed by atoms with Crippen LogP contribution in [0.4, 0.5) is 0 Å². The molecule has 0 bridgehead atoms. The van der Waals surface area contributed by atoms with Crippen molar-refractivity contribution in [3.63, 3.8) is 0 Å². The summed E-state index contributed by atoms with van der Waals surface area (Å²) in [6.45, 7) is 2.29. The van der Waals surface area contributed by atoms with E-state index in [0.717, 1.165) is 19.5 Å². The molecule has 0 heterocycles. The summed E-state index contributed by atoms with van der Waals surface area (Å²) in [7, 11) is 2.07. The van der Waals surface area contributed by atoms with Crippen LogP contribution in [-0.2, 0) is 6.54 Å². The van der Waals surface area contributed by atoms with Crippen molar-refractivity contribution >= 4 is 5.97 Å². The zero-order valence-electron chi connectivity index (χ0n) is 12.7. The molecular weight excluding hydrogens is 278 g/mol. The van der Waals surface area contributed by atoms with Crippen molar-refractivity contribution in [3.05, 3.63) is 65.7 Å². The highest BCUT2D eigenvalue weighted by Crippen LogP contribution is 2.17. The number of rotatable bonds is 8. The van der Waals surface area contributed by atoms with Gasteiger partial charge in [0.05, 0.1) is 6.61 Å². The minimum atomic E-state index is -0.961. The molecule has 0 aromatic heterocycles. The number of carbonyl (C=O) groups is 1. The first kappa shape index (κ1) is 16.0. The van der Waals surface area contributed by atoms with Crippen molar-refractivity contribution in [1.82, 2.24) is 4.90 Å². The van der Waals surface area contributed by atoms with Gasteiger partial charge in [0, 0.05) is 13.1 Å². The maximum Gasteiger partial charge on any atom is 0.339 e. The van der Waals surface area contributed by atoms with E-state index >= 15 is 0 Å². The number of hydrogen-bond acceptors (Lipinski definition) is 3. The number of nitrogens with zero attached hydrogens (tertiary/aromatic N) is 1. The van der Waals surface area contributed by atoms with E-state index in [4.69, 9.17) is 9.84 Å². The lowest BCUT2D eigenvalue weighted by Crippen LogP contribution is -2.20. The highest BCUT2D eigenvalue weighted by Gasteiger charge is 2.09. The molecule has 2 aromatic rings. The van der Waals surface area contributed by atoms with E-state index in [2.05, 4.69) is 24.1 Å². The highest BCUT2D eigenvalue weighted by atomic mass is 16.5. The summed E-state index contributed by atoms with van der Waals surface area (Å²) in [6.07, 6.45) is 0.845. The molecular formula is C18H21NO3. The van der Waals surface area contributed by atoms with Gasteiger partial charge in [0.2, 0.25) is 0 Å². The smallest absolute Gasteiger partial charge is 0.339 e. The van der Waals surface area contributed by atoms with Crippen LogP contribution < -0.4 is 4.74 Å². The van der Waals surface area contributed by atoms with Crippen molar-refractivity contribution in [2.24, 2.45) is 0 Å². The monoisotopic (exact) mass is 299 g/mol. The fourth-order valence-electron chi connectivity index (χ4n) is 2.26. The lowest BCUT2D eigenvalue weighted by atomic mass is 10.2. The predicted octanol–water partition coefficient (Wildman–Crippen LogP) is 3.29. The van der Waals surface area contributed by atoms with E-state index in [1.807, 2.05) is 18.2 Å². The molecule has 2 aromatic carbocycles. The van der Waals surface area contributed by atoms with E-state index < -0.39 is 5.97 Å². The molecule has 0 aliphatic carbocycles. The number of benzene rings is 2. The van der Waals surface area contributed by atoms with Crippen LogP contribution in [0.2, 0.25) is 0 Å². The summed E-state index contributed by atoms with van der Waals surface area (Å²) >= 11 is 0. The second-order valence-electron chi connectivity index (χ2n) is 5.23. The molecule has 0 saturated heterocycles. The molecule has 0 fully saturated rings. The van der Waals surface area contributed by atoms with Crippen molar-refractivity contribution in [2.75, 3.05) is 20.2 Å². The number of hydrogen-bond donors (Lipinski definition) is 1. The fraction of sp³-hybridized carbons (Fsp3) is 0.278. The van der Waals surface area contributed by atoms with Gasteiger partial charge in [-0.25, -0.2) is 4.79 Å². The lowest BCUT2D eigenvalue weighted by molar-refractivity contribution is 0.0692. The van der Waals surface area contributed by atoms with E-state index in [1.54, 1.807) is 24.3 Å². The first-order valence-corrected chi connectivity index (χ1v) is 7.34. The van der Waals surface area contributed by atoms with Crippen LogP contribution >= 0.6 is 0 Å². The van der Waals surface area contributed by atoms with Gasteiger partial charge in [0.25, 0.3) is 0 Å². The third-order valence-electron chi connectivity index (χ3n) is 3.35. The minimum Gasteiger partial charge on any atom is -0.493 e. The summed E-state index contributed by atoms with van der Waals surface area (Å²) < 4.78 is 5.59. The molecule has 0 amide bonds. The molecule has 0 atom stereocenters. The molecule has 0 spiro atoms. The summed E-state index contributed by atoms with van der Waals surface area (Å²) in [4.78, 5) is 13.3. The third-order valence-corrected chi connectivity index (χ3v) is 3.35. The predicted molar refractivity (Wildman–Crippen MR) is 86.3 cm³/mol. The molecule has 0 aliphatic rings. The Kier molecular flexibility index (Phi) is 5.98. The van der Waals surface area contributed by atoms with Crippen molar-refractivity contribution in [2.45, 2.75) is 13.0 Å². The Labute approximate surface area is 131 Å². The maximum atomic E-state index is 11.1. The Morgan fingerprint density at radius 2 is 1.77 bits per heavy atom. The Morgan fingerprint density at radius 3 is 2.50 bits per heavy atom. The van der Waals surface area contributed by atoms with Gasteiger partial charge in [-0.3, -0.25) is 0 Å². The van der Waals surface area contributed by atoms with Gasteiger partial charge in [-0.1, -0.05) is 42.5 Å². The van der Waals surface area contributed by atoms with Crippen molar-refractivity contribution < 1.29 is 14.6 Å². The molecule has 116 valence electrons. The summed E-state index contributed by atoms with van der Waals surface area (Å²) in [5.41, 5.74) is 1.49. The maximum absolute atomic E-state index is 11.1. The second-order valence-corrected chi connectivity index (χ2v) is 5.23. The van der Waals surface area contributed by atoms with Crippen LogP contribution in [0.3, 0.4) is 0 Å². The number of aromatic carboxylic acids is 1. The topological polar surface area (TPSA) is 49.8 Å². The first-order chi connectivity index (χ1) is 10.7. The van der Waals surface area contributed by atoms with Gasteiger partial charge in [-0.15, -0.1) is 0 Å². The summed E-state index contributed by atoms with van der Waals surface area (Å²) in [5, 5.41) is 9.09. The van der Waals surface area contributed by atoms with Crippen molar-refractivity contribution in [1.29, 1.82) is 0 Å². The zero-order chi connectivity index (χ0) is 15.8.